The Bertz CT molecular complexity index is 1870. The number of carbonyl (C=O) groups excluding carboxylic acids is 1. The molecule has 3 heterocycles. The van der Waals surface area contributed by atoms with Gasteiger partial charge in [-0.15, -0.1) is 0 Å². The van der Waals surface area contributed by atoms with Crippen molar-refractivity contribution in [1.82, 2.24) is 4.98 Å². The molecule has 1 aromatic heterocycles. The first-order valence-corrected chi connectivity index (χ1v) is 15.5. The van der Waals surface area contributed by atoms with Crippen molar-refractivity contribution in [3.05, 3.63) is 112 Å². The van der Waals surface area contributed by atoms with Gasteiger partial charge in [-0.1, -0.05) is 38.1 Å². The molecular formula is C33H30F3N3O5S. The van der Waals surface area contributed by atoms with Crippen molar-refractivity contribution in [3.63, 3.8) is 0 Å². The number of ether oxygens (including phenoxy) is 1. The second kappa shape index (κ2) is 11.1. The number of fused-ring (bicyclic) bond motifs is 1. The predicted molar refractivity (Wildman–Crippen MR) is 163 cm³/mol. The number of aryl methyl sites for hydroxylation is 2. The number of aromatic nitrogens is 1. The third-order valence-corrected chi connectivity index (χ3v) is 9.73. The van der Waals surface area contributed by atoms with Gasteiger partial charge in [0.15, 0.2) is 11.6 Å². The van der Waals surface area contributed by atoms with Gasteiger partial charge >= 0.3 is 6.11 Å². The number of phenolic OH excluding ortho intramolecular Hbond substituents is 1. The highest BCUT2D eigenvalue weighted by Gasteiger charge is 2.45. The van der Waals surface area contributed by atoms with Crippen molar-refractivity contribution in [2.75, 3.05) is 16.0 Å². The molecule has 0 fully saturated rings. The Hall–Kier alpha value is -4.58. The van der Waals surface area contributed by atoms with Gasteiger partial charge in [-0.25, -0.2) is 9.37 Å². The highest BCUT2D eigenvalue weighted by molar-refractivity contribution is 7.89. The second-order valence-electron chi connectivity index (χ2n) is 11.9. The predicted octanol–water partition coefficient (Wildman–Crippen LogP) is 7.47. The van der Waals surface area contributed by atoms with Gasteiger partial charge in [-0.2, -0.15) is 8.78 Å². The van der Waals surface area contributed by atoms with Crippen LogP contribution in [-0.2, 0) is 16.9 Å². The number of nitrogens with zero attached hydrogens (tertiary/aromatic N) is 2. The fraction of sp³-hybridized carbons (Fsp3) is 0.273. The molecule has 0 aliphatic carbocycles. The van der Waals surface area contributed by atoms with Crippen LogP contribution in [0.3, 0.4) is 0 Å². The van der Waals surface area contributed by atoms with E-state index in [0.29, 0.717) is 12.1 Å². The summed E-state index contributed by atoms with van der Waals surface area (Å²) in [6, 6.07) is 13.3. The molecule has 4 aromatic rings. The standard InChI is InChI=1S/C33H30F3N3O5S/c1-18-27(37-19(2)43-18)31(41)39-25-11-8-12-26(40)28(25)38-24-16-32(3,4)17-45(42)30(24)29(39)22-14-13-21(15-23(22)34)44-33(35,36)20-9-6-5-7-10-20/h5-15,29,38,40H,16-17H2,1-4H3. The highest BCUT2D eigenvalue weighted by atomic mass is 32.2. The van der Waals surface area contributed by atoms with Crippen molar-refractivity contribution in [2.45, 2.75) is 46.3 Å². The summed E-state index contributed by atoms with van der Waals surface area (Å²) in [5.41, 5.74) is -0.233. The lowest BCUT2D eigenvalue weighted by Gasteiger charge is -2.37. The normalized spacial score (nSPS) is 19.3. The third kappa shape index (κ3) is 5.58. The van der Waals surface area contributed by atoms with Gasteiger partial charge in [0.1, 0.15) is 34.8 Å². The SMILES string of the molecule is Cc1nc(C(=O)N2c3cccc(O)c3NC3=C(C2c2ccc(OC(F)(F)c4ccccc4)cc2F)S(=O)CC(C)(C)C3)c(C)o1. The van der Waals surface area contributed by atoms with E-state index in [2.05, 4.69) is 10.3 Å². The lowest BCUT2D eigenvalue weighted by atomic mass is 9.88. The maximum absolute atomic E-state index is 16.3. The molecule has 45 heavy (non-hydrogen) atoms. The van der Waals surface area contributed by atoms with Gasteiger partial charge in [-0.05, 0) is 55.2 Å². The number of alkyl halides is 2. The van der Waals surface area contributed by atoms with Crippen molar-refractivity contribution < 1.29 is 36.4 Å². The molecule has 3 aromatic carbocycles. The lowest BCUT2D eigenvalue weighted by Crippen LogP contribution is -2.40. The summed E-state index contributed by atoms with van der Waals surface area (Å²) in [6.07, 6.45) is -3.39. The third-order valence-electron chi connectivity index (χ3n) is 7.73. The van der Waals surface area contributed by atoms with Gasteiger partial charge in [-0.3, -0.25) is 13.9 Å². The number of aromatic hydroxyl groups is 1. The van der Waals surface area contributed by atoms with Gasteiger partial charge < -0.3 is 19.6 Å². The number of nitrogens with one attached hydrogen (secondary N) is 1. The van der Waals surface area contributed by atoms with Crippen molar-refractivity contribution in [1.29, 1.82) is 0 Å². The summed E-state index contributed by atoms with van der Waals surface area (Å²) >= 11 is 0. The molecule has 234 valence electrons. The Morgan fingerprint density at radius 3 is 2.53 bits per heavy atom. The zero-order valence-electron chi connectivity index (χ0n) is 24.9. The molecule has 0 saturated heterocycles. The molecule has 0 saturated carbocycles. The number of allylic oxidation sites excluding steroid dienone is 1. The Kier molecular flexibility index (Phi) is 7.51. The summed E-state index contributed by atoms with van der Waals surface area (Å²) in [5.74, 6) is -1.65. The molecule has 2 aliphatic rings. The zero-order chi connectivity index (χ0) is 32.3. The fourth-order valence-corrected chi connectivity index (χ4v) is 7.67. The summed E-state index contributed by atoms with van der Waals surface area (Å²) in [7, 11) is -1.73. The monoisotopic (exact) mass is 637 g/mol. The van der Waals surface area contributed by atoms with Crippen molar-refractivity contribution >= 4 is 28.1 Å². The number of anilines is 2. The van der Waals surface area contributed by atoms with Crippen LogP contribution < -0.4 is 15.0 Å². The zero-order valence-corrected chi connectivity index (χ0v) is 25.7. The molecule has 12 heteroatoms. The van der Waals surface area contributed by atoms with E-state index in [4.69, 9.17) is 9.15 Å². The largest absolute Gasteiger partial charge is 0.506 e. The summed E-state index contributed by atoms with van der Waals surface area (Å²) < 4.78 is 70.6. The number of hydrogen-bond donors (Lipinski definition) is 2. The quantitative estimate of drug-likeness (QED) is 0.219. The maximum atomic E-state index is 16.3. The van der Waals surface area contributed by atoms with E-state index in [1.54, 1.807) is 26.0 Å². The summed E-state index contributed by atoms with van der Waals surface area (Å²) in [5, 5.41) is 14.2. The molecule has 2 aliphatic heterocycles. The van der Waals surface area contributed by atoms with Gasteiger partial charge in [0.25, 0.3) is 5.91 Å². The molecule has 0 spiro atoms. The minimum atomic E-state index is -3.76. The minimum absolute atomic E-state index is 0.0550. The van der Waals surface area contributed by atoms with E-state index in [0.717, 1.165) is 6.07 Å². The molecule has 1 amide bonds. The molecule has 8 nitrogen and oxygen atoms in total. The van der Waals surface area contributed by atoms with E-state index in [-0.39, 0.29) is 50.7 Å². The topological polar surface area (TPSA) is 105 Å². The van der Waals surface area contributed by atoms with Crippen LogP contribution in [-0.4, -0.2) is 26.0 Å². The number of benzene rings is 3. The number of rotatable bonds is 5. The molecule has 2 unspecified atom stereocenters. The van der Waals surface area contributed by atoms with E-state index in [1.807, 2.05) is 13.8 Å². The number of halogens is 3. The van der Waals surface area contributed by atoms with Crippen LogP contribution in [0.5, 0.6) is 11.5 Å². The first-order chi connectivity index (χ1) is 21.3. The fourth-order valence-electron chi connectivity index (χ4n) is 5.83. The molecular weight excluding hydrogens is 607 g/mol. The van der Waals surface area contributed by atoms with E-state index < -0.39 is 51.4 Å². The Morgan fingerprint density at radius 1 is 1.13 bits per heavy atom. The Morgan fingerprint density at radius 2 is 1.87 bits per heavy atom. The van der Waals surface area contributed by atoms with E-state index >= 15 is 4.39 Å². The van der Waals surface area contributed by atoms with Gasteiger partial charge in [0, 0.05) is 30.0 Å². The molecule has 2 atom stereocenters. The van der Waals surface area contributed by atoms with Crippen LogP contribution in [0, 0.1) is 25.1 Å². The van der Waals surface area contributed by atoms with Crippen LogP contribution in [0.25, 0.3) is 0 Å². The maximum Gasteiger partial charge on any atom is 0.426 e. The lowest BCUT2D eigenvalue weighted by molar-refractivity contribution is -0.185. The molecule has 0 radical (unpaired) electrons. The number of amides is 1. The van der Waals surface area contributed by atoms with Crippen LogP contribution in [0.15, 0.2) is 81.7 Å². The number of oxazole rings is 1. The smallest absolute Gasteiger partial charge is 0.426 e. The molecule has 6 rings (SSSR count). The van der Waals surface area contributed by atoms with E-state index in [9.17, 15) is 22.9 Å². The van der Waals surface area contributed by atoms with Crippen molar-refractivity contribution in [2.24, 2.45) is 5.41 Å². The average molecular weight is 638 g/mol. The summed E-state index contributed by atoms with van der Waals surface area (Å²) in [4.78, 5) is 20.1. The minimum Gasteiger partial charge on any atom is -0.506 e. The van der Waals surface area contributed by atoms with Crippen LogP contribution in [0.1, 0.15) is 59.6 Å². The molecule has 0 bridgehead atoms. The first-order valence-electron chi connectivity index (χ1n) is 14.2. The van der Waals surface area contributed by atoms with Crippen LogP contribution in [0.4, 0.5) is 24.5 Å². The Balaban J connectivity index is 1.55. The average Bonchev–Trinajstić information content (AvgIpc) is 3.23. The highest BCUT2D eigenvalue weighted by Crippen LogP contribution is 2.51. The first kappa shape index (κ1) is 30.4. The van der Waals surface area contributed by atoms with Crippen LogP contribution >= 0.6 is 0 Å². The summed E-state index contributed by atoms with van der Waals surface area (Å²) in [6.45, 7) is 7.01. The number of carbonyl (C=O) groups is 1. The van der Waals surface area contributed by atoms with Crippen LogP contribution in [0.2, 0.25) is 0 Å². The van der Waals surface area contributed by atoms with Gasteiger partial charge in [0.2, 0.25) is 0 Å². The number of phenols is 1. The number of hydrogen-bond acceptors (Lipinski definition) is 7. The molecule has 2 N–H and O–H groups in total. The van der Waals surface area contributed by atoms with Gasteiger partial charge in [0.05, 0.1) is 27.0 Å². The Labute approximate surface area is 260 Å². The van der Waals surface area contributed by atoms with E-state index in [1.165, 1.54) is 53.4 Å². The second-order valence-corrected chi connectivity index (χ2v) is 13.3. The van der Waals surface area contributed by atoms with Crippen molar-refractivity contribution in [3.8, 4) is 11.5 Å². The number of para-hydroxylation sites is 1.